The van der Waals surface area contributed by atoms with Crippen LogP contribution < -0.4 is 4.90 Å². The summed E-state index contributed by atoms with van der Waals surface area (Å²) < 4.78 is 5.61. The molecule has 0 saturated carbocycles. The summed E-state index contributed by atoms with van der Waals surface area (Å²) in [4.78, 5) is 39.6. The van der Waals surface area contributed by atoms with Crippen LogP contribution in [0.15, 0.2) is 27.6 Å². The fourth-order valence-corrected chi connectivity index (χ4v) is 4.18. The lowest BCUT2D eigenvalue weighted by Gasteiger charge is -2.12. The number of rotatable bonds is 2. The molecular weight excluding hydrogens is 416 g/mol. The van der Waals surface area contributed by atoms with Gasteiger partial charge in [0.2, 0.25) is 0 Å². The Labute approximate surface area is 155 Å². The normalized spacial score (nSPS) is 20.0. The molecule has 3 rings (SSSR count). The van der Waals surface area contributed by atoms with Crippen molar-refractivity contribution in [1.82, 2.24) is 4.90 Å². The Bertz CT molecular complexity index is 837. The van der Waals surface area contributed by atoms with Crippen LogP contribution in [0.2, 0.25) is 0 Å². The Kier molecular flexibility index (Phi) is 4.50. The van der Waals surface area contributed by atoms with Crippen LogP contribution in [-0.4, -0.2) is 47.7 Å². The molecular formula is C15H11BrN2O4S2. The van der Waals surface area contributed by atoms with Crippen LogP contribution >= 0.6 is 39.9 Å². The highest BCUT2D eigenvalue weighted by atomic mass is 79.9. The maximum atomic E-state index is 12.7. The molecule has 2 aliphatic heterocycles. The highest BCUT2D eigenvalue weighted by molar-refractivity contribution is 9.10. The van der Waals surface area contributed by atoms with E-state index in [1.165, 1.54) is 12.0 Å². The van der Waals surface area contributed by atoms with Crippen molar-refractivity contribution in [2.24, 2.45) is 0 Å². The van der Waals surface area contributed by atoms with Crippen molar-refractivity contribution in [2.45, 2.75) is 0 Å². The predicted molar refractivity (Wildman–Crippen MR) is 98.4 cm³/mol. The number of amides is 2. The quantitative estimate of drug-likeness (QED) is 0.410. The summed E-state index contributed by atoms with van der Waals surface area (Å²) in [6.45, 7) is -0.271. The Balaban J connectivity index is 2.09. The van der Waals surface area contributed by atoms with Gasteiger partial charge in [-0.3, -0.25) is 19.3 Å². The van der Waals surface area contributed by atoms with Gasteiger partial charge in [-0.05, 0) is 18.2 Å². The molecule has 2 aliphatic rings. The number of halogens is 1. The molecule has 124 valence electrons. The Morgan fingerprint density at radius 2 is 2.04 bits per heavy atom. The van der Waals surface area contributed by atoms with Gasteiger partial charge in [0.25, 0.3) is 11.8 Å². The maximum Gasteiger partial charge on any atom is 0.325 e. The molecule has 1 aromatic rings. The SMILES string of the molecule is COC(=O)CN1C(=O)/C(=C2/C(=O)N(C)c3ccc(Br)cc32)SC1=S. The monoisotopic (exact) mass is 426 g/mol. The molecule has 0 aliphatic carbocycles. The van der Waals surface area contributed by atoms with Gasteiger partial charge >= 0.3 is 5.97 Å². The molecule has 6 nitrogen and oxygen atoms in total. The van der Waals surface area contributed by atoms with E-state index in [1.807, 2.05) is 6.07 Å². The van der Waals surface area contributed by atoms with Crippen molar-refractivity contribution in [2.75, 3.05) is 25.6 Å². The standard InChI is InChI=1S/C15H11BrN2O4S2/c1-17-9-4-3-7(16)5-8(9)11(13(17)20)12-14(21)18(15(23)24-12)6-10(19)22-2/h3-5H,6H2,1-2H3/b12-11-. The lowest BCUT2D eigenvalue weighted by Crippen LogP contribution is -2.34. The molecule has 0 spiro atoms. The number of thioether (sulfide) groups is 1. The number of carbonyl (C=O) groups is 3. The van der Waals surface area contributed by atoms with Crippen molar-refractivity contribution in [3.63, 3.8) is 0 Å². The molecule has 0 radical (unpaired) electrons. The first kappa shape index (κ1) is 17.1. The Hall–Kier alpha value is -1.71. The summed E-state index contributed by atoms with van der Waals surface area (Å²) in [6, 6.07) is 5.42. The third kappa shape index (κ3) is 2.66. The van der Waals surface area contributed by atoms with Crippen LogP contribution in [0.4, 0.5) is 5.69 Å². The number of ether oxygens (including phenoxy) is 1. The van der Waals surface area contributed by atoms with Crippen LogP contribution in [0, 0.1) is 0 Å². The fourth-order valence-electron chi connectivity index (χ4n) is 2.49. The molecule has 0 N–H and O–H groups in total. The van der Waals surface area contributed by atoms with Crippen LogP contribution in [0.3, 0.4) is 0 Å². The molecule has 9 heteroatoms. The average molecular weight is 427 g/mol. The van der Waals surface area contributed by atoms with Crippen molar-refractivity contribution in [3.8, 4) is 0 Å². The second-order valence-electron chi connectivity index (χ2n) is 5.07. The van der Waals surface area contributed by atoms with Gasteiger partial charge in [0.15, 0.2) is 0 Å². The number of nitrogens with zero attached hydrogens (tertiary/aromatic N) is 2. The van der Waals surface area contributed by atoms with E-state index >= 15 is 0 Å². The predicted octanol–water partition coefficient (Wildman–Crippen LogP) is 2.17. The summed E-state index contributed by atoms with van der Waals surface area (Å²) in [5, 5.41) is 0. The number of carbonyl (C=O) groups excluding carboxylic acids is 3. The highest BCUT2D eigenvalue weighted by Crippen LogP contribution is 2.44. The number of anilines is 1. The zero-order valence-electron chi connectivity index (χ0n) is 12.7. The van der Waals surface area contributed by atoms with Gasteiger partial charge in [-0.15, -0.1) is 0 Å². The maximum absolute atomic E-state index is 12.7. The topological polar surface area (TPSA) is 66.9 Å². The lowest BCUT2D eigenvalue weighted by atomic mass is 10.1. The second-order valence-corrected chi connectivity index (χ2v) is 7.63. The molecule has 0 bridgehead atoms. The van der Waals surface area contributed by atoms with E-state index in [0.717, 1.165) is 26.8 Å². The third-order valence-corrected chi connectivity index (χ3v) is 5.64. The summed E-state index contributed by atoms with van der Waals surface area (Å²) in [5.41, 5.74) is 1.69. The molecule has 0 atom stereocenters. The first-order valence-electron chi connectivity index (χ1n) is 6.78. The summed E-state index contributed by atoms with van der Waals surface area (Å²) in [7, 11) is 2.89. The van der Waals surface area contributed by atoms with E-state index < -0.39 is 11.9 Å². The van der Waals surface area contributed by atoms with Crippen molar-refractivity contribution < 1.29 is 19.1 Å². The minimum Gasteiger partial charge on any atom is -0.468 e. The van der Waals surface area contributed by atoms with E-state index in [9.17, 15) is 14.4 Å². The molecule has 2 amide bonds. The van der Waals surface area contributed by atoms with Crippen molar-refractivity contribution >= 4 is 73.3 Å². The molecule has 1 aromatic carbocycles. The van der Waals surface area contributed by atoms with Gasteiger partial charge in [0.1, 0.15) is 10.9 Å². The first-order chi connectivity index (χ1) is 11.3. The van der Waals surface area contributed by atoms with Crippen LogP contribution in [0.1, 0.15) is 5.56 Å². The zero-order valence-corrected chi connectivity index (χ0v) is 15.9. The minimum absolute atomic E-state index is 0.229. The third-order valence-electron chi connectivity index (χ3n) is 3.70. The van der Waals surface area contributed by atoms with Crippen LogP contribution in [0.25, 0.3) is 5.57 Å². The van der Waals surface area contributed by atoms with E-state index in [2.05, 4.69) is 20.7 Å². The molecule has 1 saturated heterocycles. The number of thiocarbonyl (C=S) groups is 1. The largest absolute Gasteiger partial charge is 0.468 e. The Morgan fingerprint density at radius 3 is 2.71 bits per heavy atom. The van der Waals surface area contributed by atoms with Crippen LogP contribution in [-0.2, 0) is 19.1 Å². The van der Waals surface area contributed by atoms with Gasteiger partial charge < -0.3 is 9.64 Å². The zero-order chi connectivity index (χ0) is 17.6. The van der Waals surface area contributed by atoms with Gasteiger partial charge in [-0.2, -0.15) is 0 Å². The molecule has 1 fully saturated rings. The average Bonchev–Trinajstić information content (AvgIpc) is 2.95. The minimum atomic E-state index is -0.574. The second kappa shape index (κ2) is 6.30. The molecule has 0 unspecified atom stereocenters. The number of methoxy groups -OCH3 is 1. The van der Waals surface area contributed by atoms with Gasteiger partial charge in [0, 0.05) is 17.1 Å². The summed E-state index contributed by atoms with van der Waals surface area (Å²) in [5.74, 6) is -1.31. The number of hydrogen-bond acceptors (Lipinski definition) is 6. The van der Waals surface area contributed by atoms with Gasteiger partial charge in [-0.1, -0.05) is 39.9 Å². The van der Waals surface area contributed by atoms with Gasteiger partial charge in [0.05, 0.1) is 23.3 Å². The highest BCUT2D eigenvalue weighted by Gasteiger charge is 2.41. The van der Waals surface area contributed by atoms with Gasteiger partial charge in [-0.25, -0.2) is 0 Å². The van der Waals surface area contributed by atoms with Crippen molar-refractivity contribution in [3.05, 3.63) is 33.1 Å². The molecule has 0 aromatic heterocycles. The number of esters is 1. The van der Waals surface area contributed by atoms with Crippen molar-refractivity contribution in [1.29, 1.82) is 0 Å². The number of likely N-dealkylation sites (N-methyl/N-ethyl adjacent to an activating group) is 1. The Morgan fingerprint density at radius 1 is 1.33 bits per heavy atom. The first-order valence-corrected chi connectivity index (χ1v) is 8.79. The smallest absolute Gasteiger partial charge is 0.325 e. The van der Waals surface area contributed by atoms with E-state index in [1.54, 1.807) is 19.2 Å². The van der Waals surface area contributed by atoms with E-state index in [4.69, 9.17) is 12.2 Å². The summed E-state index contributed by atoms with van der Waals surface area (Å²) >= 11 is 9.58. The number of hydrogen-bond donors (Lipinski definition) is 0. The van der Waals surface area contributed by atoms with Crippen LogP contribution in [0.5, 0.6) is 0 Å². The number of benzene rings is 1. The number of fused-ring (bicyclic) bond motifs is 1. The lowest BCUT2D eigenvalue weighted by molar-refractivity contribution is -0.143. The fraction of sp³-hybridized carbons (Fsp3) is 0.200. The molecule has 24 heavy (non-hydrogen) atoms. The van der Waals surface area contributed by atoms with E-state index in [0.29, 0.717) is 11.1 Å². The molecule has 2 heterocycles. The summed E-state index contributed by atoms with van der Waals surface area (Å²) in [6.07, 6.45) is 0. The van der Waals surface area contributed by atoms with E-state index in [-0.39, 0.29) is 21.7 Å².